The summed E-state index contributed by atoms with van der Waals surface area (Å²) in [5, 5.41) is 8.92. The fourth-order valence-electron chi connectivity index (χ4n) is 5.89. The maximum Gasteiger partial charge on any atom is 0.184 e. The molecule has 5 aromatic carbocycles. The number of rotatable bonds is 2. The molecule has 3 heteroatoms. The molecule has 0 fully saturated rings. The molecular weight excluding hydrogens is 438 g/mol. The van der Waals surface area contributed by atoms with Crippen LogP contribution in [0.15, 0.2) is 121 Å². The third kappa shape index (κ3) is 2.42. The van der Waals surface area contributed by atoms with Crippen LogP contribution >= 0.6 is 11.6 Å². The molecule has 0 N–H and O–H groups in total. The Bertz CT molecular complexity index is 1630. The molecule has 0 aliphatic carbocycles. The fraction of sp³-hybridized carbons (Fsp3) is 0. The number of benzene rings is 5. The monoisotopic (exact) mass is 457 g/mol. The molecule has 0 atom stereocenters. The van der Waals surface area contributed by atoms with Gasteiger partial charge in [0, 0.05) is 21.5 Å². The highest BCUT2D eigenvalue weighted by Crippen LogP contribution is 2.36. The van der Waals surface area contributed by atoms with Crippen molar-refractivity contribution in [2.75, 3.05) is 0 Å². The van der Waals surface area contributed by atoms with Crippen molar-refractivity contribution in [1.29, 1.82) is 0 Å². The van der Waals surface area contributed by atoms with E-state index in [4.69, 9.17) is 11.6 Å². The van der Waals surface area contributed by atoms with E-state index in [0.717, 1.165) is 5.02 Å². The average Bonchev–Trinajstić information content (AvgIpc) is 3.21. The first-order valence-corrected chi connectivity index (χ1v) is 13.6. The Morgan fingerprint density at radius 1 is 0.545 bits per heavy atom. The van der Waals surface area contributed by atoms with Crippen LogP contribution in [-0.2, 0) is 0 Å². The summed E-state index contributed by atoms with van der Waals surface area (Å²) < 4.78 is 2.46. The Kier molecular flexibility index (Phi) is 3.99. The van der Waals surface area contributed by atoms with Crippen molar-refractivity contribution in [1.82, 2.24) is 4.57 Å². The van der Waals surface area contributed by atoms with Gasteiger partial charge in [-0.05, 0) is 45.0 Å². The molecule has 0 amide bonds. The first-order chi connectivity index (χ1) is 16.3. The molecule has 6 aromatic rings. The van der Waals surface area contributed by atoms with Crippen LogP contribution < -0.4 is 20.7 Å². The topological polar surface area (TPSA) is 4.93 Å². The molecule has 1 aliphatic rings. The van der Waals surface area contributed by atoms with Gasteiger partial charge >= 0.3 is 0 Å². The minimum absolute atomic E-state index is 0.772. The highest BCUT2D eigenvalue weighted by atomic mass is 35.5. The lowest BCUT2D eigenvalue weighted by Crippen LogP contribution is -2.76. The summed E-state index contributed by atoms with van der Waals surface area (Å²) >= 11 is 6.47. The second kappa shape index (κ2) is 6.95. The highest BCUT2D eigenvalue weighted by molar-refractivity contribution is 7.21. The van der Waals surface area contributed by atoms with Gasteiger partial charge in [-0.1, -0.05) is 109 Å². The van der Waals surface area contributed by atoms with Crippen LogP contribution in [0.5, 0.6) is 0 Å². The van der Waals surface area contributed by atoms with E-state index in [0.29, 0.717) is 0 Å². The van der Waals surface area contributed by atoms with Crippen LogP contribution in [-0.4, -0.2) is 12.6 Å². The van der Waals surface area contributed by atoms with E-state index in [9.17, 15) is 0 Å². The zero-order valence-electron chi connectivity index (χ0n) is 17.9. The quantitative estimate of drug-likeness (QED) is 0.317. The van der Waals surface area contributed by atoms with E-state index in [1.165, 1.54) is 48.2 Å². The first kappa shape index (κ1) is 18.9. The van der Waals surface area contributed by atoms with Crippen molar-refractivity contribution in [3.8, 4) is 5.69 Å². The second-order valence-electron chi connectivity index (χ2n) is 8.70. The molecule has 1 nitrogen and oxygen atoms in total. The third-order valence-electron chi connectivity index (χ3n) is 7.12. The van der Waals surface area contributed by atoms with Crippen molar-refractivity contribution in [3.63, 3.8) is 0 Å². The van der Waals surface area contributed by atoms with Crippen LogP contribution in [0.3, 0.4) is 0 Å². The molecule has 1 aliphatic heterocycles. The minimum atomic E-state index is -2.54. The summed E-state index contributed by atoms with van der Waals surface area (Å²) in [6, 6.07) is 44.4. The van der Waals surface area contributed by atoms with E-state index in [-0.39, 0.29) is 0 Å². The van der Waals surface area contributed by atoms with E-state index < -0.39 is 8.07 Å². The molecular formula is C30H20ClNSi. The van der Waals surface area contributed by atoms with Crippen LogP contribution in [0.2, 0.25) is 5.02 Å². The lowest BCUT2D eigenvalue weighted by Gasteiger charge is -2.39. The number of aromatic nitrogens is 1. The predicted octanol–water partition coefficient (Wildman–Crippen LogP) is 5.13. The van der Waals surface area contributed by atoms with E-state index >= 15 is 0 Å². The van der Waals surface area contributed by atoms with Crippen LogP contribution in [0.25, 0.3) is 27.5 Å². The zero-order chi connectivity index (χ0) is 22.0. The molecule has 0 unspecified atom stereocenters. The summed E-state index contributed by atoms with van der Waals surface area (Å²) in [6.07, 6.45) is 0. The Morgan fingerprint density at radius 3 is 1.91 bits per heavy atom. The van der Waals surface area contributed by atoms with E-state index in [1.54, 1.807) is 0 Å². The van der Waals surface area contributed by atoms with Gasteiger partial charge in [0.1, 0.15) is 0 Å². The van der Waals surface area contributed by atoms with Crippen molar-refractivity contribution in [2.24, 2.45) is 0 Å². The van der Waals surface area contributed by atoms with Crippen molar-refractivity contribution < 1.29 is 0 Å². The Balaban J connectivity index is 1.78. The molecule has 0 radical (unpaired) electrons. The summed E-state index contributed by atoms with van der Waals surface area (Å²) in [4.78, 5) is 0. The summed E-state index contributed by atoms with van der Waals surface area (Å²) in [5.74, 6) is 0. The standard InChI is InChI=1S/C30H20ClNSi/c31-21-18-19-26-25(20-21)24-14-9-17-29-30(24)32(26)27-15-7-8-16-28(27)33(29,22-10-3-1-4-11-22)23-12-5-2-6-13-23/h1-20H. The van der Waals surface area contributed by atoms with Gasteiger partial charge < -0.3 is 4.57 Å². The largest absolute Gasteiger partial charge is 0.309 e. The number of para-hydroxylation sites is 2. The predicted molar refractivity (Wildman–Crippen MR) is 143 cm³/mol. The first-order valence-electron chi connectivity index (χ1n) is 11.2. The van der Waals surface area contributed by atoms with Crippen LogP contribution in [0.1, 0.15) is 0 Å². The average molecular weight is 458 g/mol. The van der Waals surface area contributed by atoms with Gasteiger partial charge in [-0.3, -0.25) is 0 Å². The summed E-state index contributed by atoms with van der Waals surface area (Å²) in [6.45, 7) is 0. The number of nitrogens with zero attached hydrogens (tertiary/aromatic N) is 1. The van der Waals surface area contributed by atoms with E-state index in [1.807, 2.05) is 6.07 Å². The Morgan fingerprint density at radius 2 is 1.18 bits per heavy atom. The molecule has 1 aromatic heterocycles. The van der Waals surface area contributed by atoms with Gasteiger partial charge in [0.15, 0.2) is 8.07 Å². The number of halogens is 1. The molecule has 0 bridgehead atoms. The normalized spacial score (nSPS) is 13.8. The molecule has 0 spiro atoms. The van der Waals surface area contributed by atoms with Crippen molar-refractivity contribution in [2.45, 2.75) is 0 Å². The minimum Gasteiger partial charge on any atom is -0.309 e. The number of hydrogen-bond donors (Lipinski definition) is 0. The zero-order valence-corrected chi connectivity index (χ0v) is 19.6. The highest BCUT2D eigenvalue weighted by Gasteiger charge is 2.47. The molecule has 0 saturated heterocycles. The van der Waals surface area contributed by atoms with Gasteiger partial charge in [0.05, 0.1) is 11.0 Å². The van der Waals surface area contributed by atoms with Crippen molar-refractivity contribution in [3.05, 3.63) is 126 Å². The van der Waals surface area contributed by atoms with Crippen molar-refractivity contribution >= 4 is 62.2 Å². The maximum absolute atomic E-state index is 6.47. The number of fused-ring (bicyclic) bond motifs is 5. The fourth-order valence-corrected chi connectivity index (χ4v) is 11.2. The van der Waals surface area contributed by atoms with Gasteiger partial charge in [0.25, 0.3) is 0 Å². The summed E-state index contributed by atoms with van der Waals surface area (Å²) in [7, 11) is -2.54. The van der Waals surface area contributed by atoms with Gasteiger partial charge in [-0.2, -0.15) is 0 Å². The van der Waals surface area contributed by atoms with Crippen LogP contribution in [0, 0.1) is 0 Å². The lowest BCUT2D eigenvalue weighted by molar-refractivity contribution is 1.19. The number of hydrogen-bond acceptors (Lipinski definition) is 0. The van der Waals surface area contributed by atoms with E-state index in [2.05, 4.69) is 120 Å². The maximum atomic E-state index is 6.47. The van der Waals surface area contributed by atoms with Gasteiger partial charge in [0.2, 0.25) is 0 Å². The molecule has 0 saturated carbocycles. The lowest BCUT2D eigenvalue weighted by atomic mass is 10.1. The smallest absolute Gasteiger partial charge is 0.184 e. The summed E-state index contributed by atoms with van der Waals surface area (Å²) in [5.41, 5.74) is 3.80. The Hall–Kier alpha value is -3.59. The molecule has 2 heterocycles. The molecule has 156 valence electrons. The Labute approximate surface area is 198 Å². The SMILES string of the molecule is Clc1ccc2c(c1)c1cccc3c1n2-c1ccccc1[Si]3(c1ccccc1)c1ccccc1. The third-order valence-corrected chi connectivity index (χ3v) is 12.2. The van der Waals surface area contributed by atoms with Crippen LogP contribution in [0.4, 0.5) is 0 Å². The van der Waals surface area contributed by atoms with Gasteiger partial charge in [-0.15, -0.1) is 0 Å². The molecule has 7 rings (SSSR count). The van der Waals surface area contributed by atoms with Gasteiger partial charge in [-0.25, -0.2) is 0 Å². The molecule has 33 heavy (non-hydrogen) atoms. The second-order valence-corrected chi connectivity index (χ2v) is 12.9.